The molecule has 0 bridgehead atoms. The molecule has 1 rings (SSSR count). The van der Waals surface area contributed by atoms with Crippen LogP contribution >= 0.6 is 0 Å². The van der Waals surface area contributed by atoms with Crippen LogP contribution in [0.1, 0.15) is 25.8 Å². The van der Waals surface area contributed by atoms with E-state index in [-0.39, 0.29) is 5.82 Å². The number of halogens is 1. The zero-order valence-corrected chi connectivity index (χ0v) is 11.1. The normalized spacial score (nSPS) is 12.5. The molecule has 0 saturated heterocycles. The van der Waals surface area contributed by atoms with Gasteiger partial charge in [-0.05, 0) is 19.0 Å². The van der Waals surface area contributed by atoms with Gasteiger partial charge in [-0.2, -0.15) is 0 Å². The van der Waals surface area contributed by atoms with Crippen molar-refractivity contribution in [1.82, 2.24) is 10.3 Å². The number of hydrogen-bond acceptors (Lipinski definition) is 3. The summed E-state index contributed by atoms with van der Waals surface area (Å²) in [5, 5.41) is 3.04. The van der Waals surface area contributed by atoms with Crippen LogP contribution in [0.15, 0.2) is 12.3 Å². The Bertz CT molecular complexity index is 355. The summed E-state index contributed by atoms with van der Waals surface area (Å²) in [7, 11) is 3.86. The van der Waals surface area contributed by atoms with Crippen LogP contribution in [0, 0.1) is 11.7 Å². The van der Waals surface area contributed by atoms with Crippen molar-refractivity contribution in [2.45, 2.75) is 26.8 Å². The van der Waals surface area contributed by atoms with E-state index in [1.165, 1.54) is 6.20 Å². The maximum absolute atomic E-state index is 13.2. The standard InChI is InChI=1S/C13H22FN3/c1-5-10(2)9-17(4)13-11(7-15-3)6-12(14)8-16-13/h6,8,10,15H,5,7,9H2,1-4H3. The Hall–Kier alpha value is -1.16. The molecule has 1 N–H and O–H groups in total. The number of nitrogens with zero attached hydrogens (tertiary/aromatic N) is 2. The van der Waals surface area contributed by atoms with Crippen LogP contribution in [0.25, 0.3) is 0 Å². The second-order valence-electron chi connectivity index (χ2n) is 4.56. The van der Waals surface area contributed by atoms with Crippen molar-refractivity contribution in [1.29, 1.82) is 0 Å². The second-order valence-corrected chi connectivity index (χ2v) is 4.56. The van der Waals surface area contributed by atoms with Crippen molar-refractivity contribution < 1.29 is 4.39 Å². The number of pyridine rings is 1. The molecule has 1 heterocycles. The average Bonchev–Trinajstić information content (AvgIpc) is 2.29. The van der Waals surface area contributed by atoms with Crippen LogP contribution < -0.4 is 10.2 Å². The summed E-state index contributed by atoms with van der Waals surface area (Å²) in [6, 6.07) is 1.55. The topological polar surface area (TPSA) is 28.2 Å². The molecule has 0 amide bonds. The zero-order valence-electron chi connectivity index (χ0n) is 11.1. The van der Waals surface area contributed by atoms with Gasteiger partial charge < -0.3 is 10.2 Å². The first-order valence-electron chi connectivity index (χ1n) is 6.08. The third-order valence-electron chi connectivity index (χ3n) is 2.92. The molecule has 0 aromatic carbocycles. The third kappa shape index (κ3) is 3.97. The molecular formula is C13H22FN3. The van der Waals surface area contributed by atoms with E-state index in [0.717, 1.165) is 24.3 Å². The molecule has 0 aliphatic rings. The highest BCUT2D eigenvalue weighted by atomic mass is 19.1. The summed E-state index contributed by atoms with van der Waals surface area (Å²) in [5.41, 5.74) is 0.901. The lowest BCUT2D eigenvalue weighted by Crippen LogP contribution is -2.26. The van der Waals surface area contributed by atoms with Gasteiger partial charge >= 0.3 is 0 Å². The molecule has 0 aliphatic carbocycles. The quantitative estimate of drug-likeness (QED) is 0.826. The summed E-state index contributed by atoms with van der Waals surface area (Å²) >= 11 is 0. The molecule has 1 atom stereocenters. The Labute approximate surface area is 103 Å². The predicted octanol–water partition coefficient (Wildman–Crippen LogP) is 2.42. The number of anilines is 1. The lowest BCUT2D eigenvalue weighted by atomic mass is 10.1. The van der Waals surface area contributed by atoms with E-state index in [1.807, 2.05) is 14.1 Å². The first kappa shape index (κ1) is 13.9. The molecule has 0 fully saturated rings. The summed E-state index contributed by atoms with van der Waals surface area (Å²) in [4.78, 5) is 6.29. The van der Waals surface area contributed by atoms with Crippen LogP contribution in [-0.4, -0.2) is 25.6 Å². The number of nitrogens with one attached hydrogen (secondary N) is 1. The van der Waals surface area contributed by atoms with Crippen molar-refractivity contribution in [3.63, 3.8) is 0 Å². The SMILES string of the molecule is CCC(C)CN(C)c1ncc(F)cc1CNC. The smallest absolute Gasteiger partial charge is 0.141 e. The largest absolute Gasteiger partial charge is 0.359 e. The number of aromatic nitrogens is 1. The van der Waals surface area contributed by atoms with Crippen LogP contribution in [0.4, 0.5) is 10.2 Å². The van der Waals surface area contributed by atoms with Crippen LogP contribution in [-0.2, 0) is 6.54 Å². The zero-order chi connectivity index (χ0) is 12.8. The van der Waals surface area contributed by atoms with Gasteiger partial charge in [0, 0.05) is 25.7 Å². The lowest BCUT2D eigenvalue weighted by Gasteiger charge is -2.24. The maximum Gasteiger partial charge on any atom is 0.141 e. The highest BCUT2D eigenvalue weighted by molar-refractivity contribution is 5.46. The highest BCUT2D eigenvalue weighted by Gasteiger charge is 2.12. The molecule has 0 spiro atoms. The van der Waals surface area contributed by atoms with E-state index in [1.54, 1.807) is 6.07 Å². The second kappa shape index (κ2) is 6.55. The molecule has 0 saturated carbocycles. The van der Waals surface area contributed by atoms with Gasteiger partial charge in [0.05, 0.1) is 6.20 Å². The van der Waals surface area contributed by atoms with Gasteiger partial charge in [0.15, 0.2) is 0 Å². The first-order chi connectivity index (χ1) is 8.08. The molecule has 3 nitrogen and oxygen atoms in total. The molecule has 4 heteroatoms. The van der Waals surface area contributed by atoms with E-state index in [9.17, 15) is 4.39 Å². The lowest BCUT2D eigenvalue weighted by molar-refractivity contribution is 0.554. The van der Waals surface area contributed by atoms with Crippen LogP contribution in [0.5, 0.6) is 0 Å². The molecule has 0 aliphatic heterocycles. The molecule has 17 heavy (non-hydrogen) atoms. The Morgan fingerprint density at radius 1 is 1.53 bits per heavy atom. The molecular weight excluding hydrogens is 217 g/mol. The first-order valence-corrected chi connectivity index (χ1v) is 6.08. The van der Waals surface area contributed by atoms with Gasteiger partial charge in [0.1, 0.15) is 11.6 Å². The Morgan fingerprint density at radius 2 is 2.24 bits per heavy atom. The predicted molar refractivity (Wildman–Crippen MR) is 69.7 cm³/mol. The van der Waals surface area contributed by atoms with Gasteiger partial charge in [-0.15, -0.1) is 0 Å². The highest BCUT2D eigenvalue weighted by Crippen LogP contribution is 2.18. The molecule has 0 radical (unpaired) electrons. The van der Waals surface area contributed by atoms with Gasteiger partial charge in [-0.3, -0.25) is 0 Å². The summed E-state index contributed by atoms with van der Waals surface area (Å²) < 4.78 is 13.2. The number of rotatable bonds is 6. The van der Waals surface area contributed by atoms with E-state index in [2.05, 4.69) is 29.0 Å². The van der Waals surface area contributed by atoms with Gasteiger partial charge in [-0.25, -0.2) is 9.37 Å². The fourth-order valence-corrected chi connectivity index (χ4v) is 1.82. The van der Waals surface area contributed by atoms with E-state index >= 15 is 0 Å². The molecule has 1 aromatic rings. The molecule has 1 aromatic heterocycles. The summed E-state index contributed by atoms with van der Waals surface area (Å²) in [5.74, 6) is 1.19. The monoisotopic (exact) mass is 239 g/mol. The Balaban J connectivity index is 2.87. The minimum absolute atomic E-state index is 0.282. The summed E-state index contributed by atoms with van der Waals surface area (Å²) in [6.45, 7) is 5.94. The van der Waals surface area contributed by atoms with E-state index in [4.69, 9.17) is 0 Å². The minimum Gasteiger partial charge on any atom is -0.359 e. The molecule has 96 valence electrons. The van der Waals surface area contributed by atoms with E-state index < -0.39 is 0 Å². The maximum atomic E-state index is 13.2. The van der Waals surface area contributed by atoms with E-state index in [0.29, 0.717) is 12.5 Å². The third-order valence-corrected chi connectivity index (χ3v) is 2.92. The van der Waals surface area contributed by atoms with Gasteiger partial charge in [0.2, 0.25) is 0 Å². The fraction of sp³-hybridized carbons (Fsp3) is 0.615. The van der Waals surface area contributed by atoms with Gasteiger partial charge in [0.25, 0.3) is 0 Å². The van der Waals surface area contributed by atoms with Crippen molar-refractivity contribution in [3.8, 4) is 0 Å². The average molecular weight is 239 g/mol. The van der Waals surface area contributed by atoms with Gasteiger partial charge in [-0.1, -0.05) is 20.3 Å². The Kier molecular flexibility index (Phi) is 5.35. The number of hydrogen-bond donors (Lipinski definition) is 1. The molecule has 1 unspecified atom stereocenters. The van der Waals surface area contributed by atoms with Crippen molar-refractivity contribution >= 4 is 5.82 Å². The summed E-state index contributed by atoms with van der Waals surface area (Å²) in [6.07, 6.45) is 2.41. The van der Waals surface area contributed by atoms with Crippen LogP contribution in [0.2, 0.25) is 0 Å². The van der Waals surface area contributed by atoms with Crippen molar-refractivity contribution in [2.24, 2.45) is 5.92 Å². The fourth-order valence-electron chi connectivity index (χ4n) is 1.82. The van der Waals surface area contributed by atoms with Crippen molar-refractivity contribution in [2.75, 3.05) is 25.5 Å². The van der Waals surface area contributed by atoms with Crippen LogP contribution in [0.3, 0.4) is 0 Å². The minimum atomic E-state index is -0.282. The Morgan fingerprint density at radius 3 is 2.82 bits per heavy atom. The van der Waals surface area contributed by atoms with Crippen molar-refractivity contribution in [3.05, 3.63) is 23.6 Å².